The van der Waals surface area contributed by atoms with Crippen molar-refractivity contribution >= 4 is 5.97 Å². The van der Waals surface area contributed by atoms with Gasteiger partial charge < -0.3 is 9.84 Å². The Bertz CT molecular complexity index is 670. The van der Waals surface area contributed by atoms with Gasteiger partial charge in [0.2, 0.25) is 5.88 Å². The van der Waals surface area contributed by atoms with Gasteiger partial charge in [-0.3, -0.25) is 0 Å². The Morgan fingerprint density at radius 3 is 2.86 bits per heavy atom. The van der Waals surface area contributed by atoms with Crippen LogP contribution in [0.2, 0.25) is 0 Å². The number of carboxylic acids is 1. The molecule has 108 valence electrons. The predicted octanol–water partition coefficient (Wildman–Crippen LogP) is 3.24. The number of aryl methyl sites for hydroxylation is 1. The molecule has 0 atom stereocenters. The fourth-order valence-corrected chi connectivity index (χ4v) is 2.56. The molecule has 0 fully saturated rings. The fraction of sp³-hybridized carbons (Fsp3) is 0.312. The molecule has 0 bridgehead atoms. The number of rotatable bonds is 3. The van der Waals surface area contributed by atoms with Crippen LogP contribution in [-0.4, -0.2) is 21.0 Å². The van der Waals surface area contributed by atoms with Crippen LogP contribution in [0, 0.1) is 0 Å². The molecule has 1 aromatic heterocycles. The lowest BCUT2D eigenvalue weighted by molar-refractivity contribution is 0.0696. The van der Waals surface area contributed by atoms with Gasteiger partial charge in [0.1, 0.15) is 12.1 Å². The number of nitrogens with zero attached hydrogens (tertiary/aromatic N) is 2. The number of carbonyl (C=O) groups is 1. The van der Waals surface area contributed by atoms with Crippen LogP contribution in [-0.2, 0) is 12.8 Å². The highest BCUT2D eigenvalue weighted by Gasteiger charge is 2.16. The summed E-state index contributed by atoms with van der Waals surface area (Å²) in [7, 11) is 0. The quantitative estimate of drug-likeness (QED) is 0.876. The second kappa shape index (κ2) is 5.91. The van der Waals surface area contributed by atoms with Crippen molar-refractivity contribution in [3.63, 3.8) is 0 Å². The maximum Gasteiger partial charge on any atom is 0.335 e. The van der Waals surface area contributed by atoms with E-state index in [4.69, 9.17) is 9.84 Å². The molecule has 1 N–H and O–H groups in total. The Morgan fingerprint density at radius 2 is 2.00 bits per heavy atom. The minimum absolute atomic E-state index is 0.202. The number of hydrogen-bond acceptors (Lipinski definition) is 4. The Balaban J connectivity index is 1.91. The van der Waals surface area contributed by atoms with Crippen molar-refractivity contribution in [1.82, 2.24) is 9.97 Å². The van der Waals surface area contributed by atoms with Gasteiger partial charge in [-0.05, 0) is 43.9 Å². The zero-order valence-electron chi connectivity index (χ0n) is 11.6. The normalized spacial score (nSPS) is 14.1. The molecule has 0 spiro atoms. The summed E-state index contributed by atoms with van der Waals surface area (Å²) < 4.78 is 5.81. The first-order valence-electron chi connectivity index (χ1n) is 7.08. The van der Waals surface area contributed by atoms with E-state index in [0.29, 0.717) is 11.6 Å². The molecular weight excluding hydrogens is 268 g/mol. The van der Waals surface area contributed by atoms with Crippen molar-refractivity contribution in [3.8, 4) is 11.6 Å². The number of fused-ring (bicyclic) bond motifs is 1. The monoisotopic (exact) mass is 284 g/mol. The largest absolute Gasteiger partial charge is 0.478 e. The summed E-state index contributed by atoms with van der Waals surface area (Å²) in [6.45, 7) is 0. The lowest BCUT2D eigenvalue weighted by Crippen LogP contribution is -2.02. The van der Waals surface area contributed by atoms with Crippen LogP contribution in [0.3, 0.4) is 0 Å². The predicted molar refractivity (Wildman–Crippen MR) is 76.8 cm³/mol. The number of hydrogen-bond donors (Lipinski definition) is 1. The standard InChI is InChI=1S/C16H16N2O3/c19-16(20)11-5-4-6-12(9-11)21-15-13-7-2-1-3-8-14(13)17-10-18-15/h4-6,9-10H,1-3,7-8H2,(H,19,20). The summed E-state index contributed by atoms with van der Waals surface area (Å²) in [5.41, 5.74) is 2.30. The molecule has 0 saturated carbocycles. The molecule has 1 aliphatic carbocycles. The molecule has 3 rings (SSSR count). The van der Waals surface area contributed by atoms with Crippen molar-refractivity contribution in [2.24, 2.45) is 0 Å². The van der Waals surface area contributed by atoms with Crippen molar-refractivity contribution in [1.29, 1.82) is 0 Å². The molecule has 5 nitrogen and oxygen atoms in total. The second-order valence-corrected chi connectivity index (χ2v) is 5.10. The Kier molecular flexibility index (Phi) is 3.81. The van der Waals surface area contributed by atoms with Crippen molar-refractivity contribution in [2.45, 2.75) is 32.1 Å². The number of carboxylic acid groups (broad SMARTS) is 1. The summed E-state index contributed by atoms with van der Waals surface area (Å²) in [4.78, 5) is 19.6. The first-order valence-corrected chi connectivity index (χ1v) is 7.08. The van der Waals surface area contributed by atoms with Gasteiger partial charge in [0.05, 0.1) is 11.3 Å². The zero-order chi connectivity index (χ0) is 14.7. The first kappa shape index (κ1) is 13.5. The number of ether oxygens (including phenoxy) is 1. The van der Waals surface area contributed by atoms with Crippen LogP contribution in [0.15, 0.2) is 30.6 Å². The molecule has 0 amide bonds. The van der Waals surface area contributed by atoms with Crippen LogP contribution in [0.5, 0.6) is 11.6 Å². The highest BCUT2D eigenvalue weighted by atomic mass is 16.5. The highest BCUT2D eigenvalue weighted by Crippen LogP contribution is 2.29. The van der Waals surface area contributed by atoms with Gasteiger partial charge in [-0.2, -0.15) is 0 Å². The van der Waals surface area contributed by atoms with E-state index in [2.05, 4.69) is 9.97 Å². The lowest BCUT2D eigenvalue weighted by Gasteiger charge is -2.11. The summed E-state index contributed by atoms with van der Waals surface area (Å²) >= 11 is 0. The van der Waals surface area contributed by atoms with Gasteiger partial charge in [-0.1, -0.05) is 12.5 Å². The van der Waals surface area contributed by atoms with E-state index in [1.165, 1.54) is 24.9 Å². The lowest BCUT2D eigenvalue weighted by atomic mass is 10.1. The van der Waals surface area contributed by atoms with E-state index in [0.717, 1.165) is 36.9 Å². The van der Waals surface area contributed by atoms with E-state index in [9.17, 15) is 4.79 Å². The first-order chi connectivity index (χ1) is 10.2. The molecule has 1 aromatic carbocycles. The van der Waals surface area contributed by atoms with Gasteiger partial charge in [0.25, 0.3) is 0 Å². The van der Waals surface area contributed by atoms with E-state index in [1.807, 2.05) is 0 Å². The molecule has 1 heterocycles. The van der Waals surface area contributed by atoms with Crippen molar-refractivity contribution in [2.75, 3.05) is 0 Å². The molecule has 21 heavy (non-hydrogen) atoms. The minimum atomic E-state index is -0.970. The average molecular weight is 284 g/mol. The Hall–Kier alpha value is -2.43. The number of aromatic nitrogens is 2. The van der Waals surface area contributed by atoms with E-state index >= 15 is 0 Å². The van der Waals surface area contributed by atoms with E-state index in [-0.39, 0.29) is 5.56 Å². The fourth-order valence-electron chi connectivity index (χ4n) is 2.56. The average Bonchev–Trinajstić information content (AvgIpc) is 2.73. The Morgan fingerprint density at radius 1 is 1.14 bits per heavy atom. The smallest absolute Gasteiger partial charge is 0.335 e. The van der Waals surface area contributed by atoms with Crippen molar-refractivity contribution < 1.29 is 14.6 Å². The maximum absolute atomic E-state index is 11.0. The number of aromatic carboxylic acids is 1. The summed E-state index contributed by atoms with van der Waals surface area (Å²) in [5, 5.41) is 9.02. The SMILES string of the molecule is O=C(O)c1cccc(Oc2ncnc3c2CCCCC3)c1. The molecule has 0 unspecified atom stereocenters. The zero-order valence-corrected chi connectivity index (χ0v) is 11.6. The van der Waals surface area contributed by atoms with Gasteiger partial charge in [-0.15, -0.1) is 0 Å². The van der Waals surface area contributed by atoms with Gasteiger partial charge in [0.15, 0.2) is 0 Å². The molecule has 0 radical (unpaired) electrons. The molecular formula is C16H16N2O3. The molecule has 5 heteroatoms. The third-order valence-electron chi connectivity index (χ3n) is 3.63. The Labute approximate surface area is 122 Å². The van der Waals surface area contributed by atoms with Crippen LogP contribution in [0.1, 0.15) is 40.9 Å². The third kappa shape index (κ3) is 3.02. The third-order valence-corrected chi connectivity index (χ3v) is 3.63. The van der Waals surface area contributed by atoms with Crippen LogP contribution < -0.4 is 4.74 Å². The maximum atomic E-state index is 11.0. The molecule has 2 aromatic rings. The van der Waals surface area contributed by atoms with Crippen molar-refractivity contribution in [3.05, 3.63) is 47.4 Å². The molecule has 0 aliphatic heterocycles. The van der Waals surface area contributed by atoms with Gasteiger partial charge in [0, 0.05) is 5.56 Å². The summed E-state index contributed by atoms with van der Waals surface area (Å²) in [6.07, 6.45) is 6.79. The van der Waals surface area contributed by atoms with Crippen LogP contribution in [0.4, 0.5) is 0 Å². The van der Waals surface area contributed by atoms with E-state index < -0.39 is 5.97 Å². The van der Waals surface area contributed by atoms with Crippen LogP contribution in [0.25, 0.3) is 0 Å². The highest BCUT2D eigenvalue weighted by molar-refractivity contribution is 5.88. The molecule has 0 saturated heterocycles. The molecule has 1 aliphatic rings. The van der Waals surface area contributed by atoms with E-state index in [1.54, 1.807) is 12.1 Å². The van der Waals surface area contributed by atoms with Gasteiger partial charge >= 0.3 is 5.97 Å². The summed E-state index contributed by atoms with van der Waals surface area (Å²) in [6, 6.07) is 6.44. The van der Waals surface area contributed by atoms with Crippen LogP contribution >= 0.6 is 0 Å². The summed E-state index contributed by atoms with van der Waals surface area (Å²) in [5.74, 6) is 0.0615. The minimum Gasteiger partial charge on any atom is -0.478 e. The topological polar surface area (TPSA) is 72.3 Å². The second-order valence-electron chi connectivity index (χ2n) is 5.10. The number of benzene rings is 1. The van der Waals surface area contributed by atoms with Gasteiger partial charge in [-0.25, -0.2) is 14.8 Å².